The zero-order chi connectivity index (χ0) is 19.7. The lowest BCUT2D eigenvalue weighted by molar-refractivity contribution is 0.0471. The van der Waals surface area contributed by atoms with Gasteiger partial charge >= 0.3 is 0 Å². The highest BCUT2D eigenvalue weighted by molar-refractivity contribution is 6.07. The van der Waals surface area contributed by atoms with Crippen LogP contribution in [0.15, 0.2) is 42.5 Å². The van der Waals surface area contributed by atoms with Crippen LogP contribution in [-0.4, -0.2) is 41.6 Å². The highest BCUT2D eigenvalue weighted by atomic mass is 16.3. The van der Waals surface area contributed by atoms with Gasteiger partial charge in [-0.1, -0.05) is 36.2 Å². The van der Waals surface area contributed by atoms with E-state index in [1.165, 1.54) is 19.3 Å². The molecule has 1 saturated heterocycles. The van der Waals surface area contributed by atoms with Gasteiger partial charge in [-0.15, -0.1) is 0 Å². The van der Waals surface area contributed by atoms with Crippen LogP contribution in [0.25, 0.3) is 0 Å². The van der Waals surface area contributed by atoms with Crippen LogP contribution in [-0.2, 0) is 6.42 Å². The van der Waals surface area contributed by atoms with Crippen molar-refractivity contribution in [1.82, 2.24) is 4.90 Å². The Bertz CT molecular complexity index is 840. The maximum Gasteiger partial charge on any atom is 0.258 e. The number of carbonyl (C=O) groups excluding carboxylic acids is 1. The summed E-state index contributed by atoms with van der Waals surface area (Å²) in [5, 5.41) is 10.9. The zero-order valence-corrected chi connectivity index (χ0v) is 16.9. The van der Waals surface area contributed by atoms with E-state index in [-0.39, 0.29) is 11.9 Å². The summed E-state index contributed by atoms with van der Waals surface area (Å²) in [5.41, 5.74) is 4.97. The van der Waals surface area contributed by atoms with Crippen LogP contribution < -0.4 is 4.90 Å². The van der Waals surface area contributed by atoms with Gasteiger partial charge in [0, 0.05) is 23.8 Å². The van der Waals surface area contributed by atoms with Crippen LogP contribution in [0.5, 0.6) is 0 Å². The third kappa shape index (κ3) is 3.71. The van der Waals surface area contributed by atoms with E-state index in [4.69, 9.17) is 0 Å². The maximum atomic E-state index is 12.9. The smallest absolute Gasteiger partial charge is 0.258 e. The lowest BCUT2D eigenvalue weighted by atomic mass is 9.97. The Hall–Kier alpha value is -2.17. The van der Waals surface area contributed by atoms with E-state index in [2.05, 4.69) is 17.9 Å². The number of hydrogen-bond acceptors (Lipinski definition) is 3. The van der Waals surface area contributed by atoms with Crippen LogP contribution in [0.3, 0.4) is 0 Å². The first-order chi connectivity index (χ1) is 13.5. The molecule has 1 N–H and O–H groups in total. The highest BCUT2D eigenvalue weighted by Crippen LogP contribution is 2.33. The van der Waals surface area contributed by atoms with Gasteiger partial charge in [0.2, 0.25) is 0 Å². The third-order valence-corrected chi connectivity index (χ3v) is 6.31. The lowest BCUT2D eigenvalue weighted by Gasteiger charge is -2.35. The van der Waals surface area contributed by atoms with E-state index in [0.29, 0.717) is 6.54 Å². The molecule has 0 spiro atoms. The van der Waals surface area contributed by atoms with Gasteiger partial charge in [-0.3, -0.25) is 9.69 Å². The molecule has 4 heteroatoms. The Kier molecular flexibility index (Phi) is 5.51. The molecular formula is C24H30N2O2. The molecule has 28 heavy (non-hydrogen) atoms. The van der Waals surface area contributed by atoms with Crippen LogP contribution in [0.2, 0.25) is 0 Å². The molecule has 4 nitrogen and oxygen atoms in total. The van der Waals surface area contributed by atoms with E-state index in [9.17, 15) is 9.90 Å². The number of aliphatic hydroxyl groups is 1. The molecule has 1 amide bonds. The Balaban J connectivity index is 1.51. The fourth-order valence-corrected chi connectivity index (χ4v) is 4.47. The van der Waals surface area contributed by atoms with Crippen molar-refractivity contribution in [3.8, 4) is 0 Å². The number of fused-ring (bicyclic) bond motifs is 1. The summed E-state index contributed by atoms with van der Waals surface area (Å²) in [7, 11) is 0. The van der Waals surface area contributed by atoms with Crippen molar-refractivity contribution < 1.29 is 9.90 Å². The zero-order valence-electron chi connectivity index (χ0n) is 16.9. The minimum absolute atomic E-state index is 0.0498. The number of anilines is 1. The molecule has 0 radical (unpaired) electrons. The van der Waals surface area contributed by atoms with E-state index >= 15 is 0 Å². The first-order valence-corrected chi connectivity index (χ1v) is 10.5. The molecule has 0 bridgehead atoms. The van der Waals surface area contributed by atoms with Gasteiger partial charge < -0.3 is 10.0 Å². The second-order valence-corrected chi connectivity index (χ2v) is 8.24. The second kappa shape index (κ2) is 8.06. The minimum Gasteiger partial charge on any atom is -0.387 e. The molecule has 0 aliphatic carbocycles. The number of aryl methyl sites for hydroxylation is 1. The summed E-state index contributed by atoms with van der Waals surface area (Å²) >= 11 is 0. The van der Waals surface area contributed by atoms with Crippen LogP contribution in [0, 0.1) is 6.92 Å². The number of amides is 1. The molecular weight excluding hydrogens is 348 g/mol. The normalized spacial score (nSPS) is 19.3. The fourth-order valence-electron chi connectivity index (χ4n) is 4.47. The molecule has 0 aromatic heterocycles. The summed E-state index contributed by atoms with van der Waals surface area (Å²) in [5.74, 6) is 0.0498. The Morgan fingerprint density at radius 1 is 1.00 bits per heavy atom. The van der Waals surface area contributed by atoms with Crippen molar-refractivity contribution in [1.29, 1.82) is 0 Å². The van der Waals surface area contributed by atoms with Gasteiger partial charge in [-0.25, -0.2) is 0 Å². The monoisotopic (exact) mass is 378 g/mol. The SMILES string of the molecule is Cc1ccc(C(=O)N2CCc3cc(C(O)C(C)N4CCCCC4)ccc32)cc1. The van der Waals surface area contributed by atoms with Crippen LogP contribution in [0.4, 0.5) is 5.69 Å². The average molecular weight is 379 g/mol. The standard InChI is InChI=1S/C24H30N2O2/c1-17-6-8-19(9-7-17)24(28)26-15-12-20-16-21(10-11-22(20)26)23(27)18(2)25-13-4-3-5-14-25/h6-11,16,18,23,27H,3-5,12-15H2,1-2H3. The molecule has 2 aromatic carbocycles. The molecule has 2 atom stereocenters. The molecule has 2 aliphatic heterocycles. The number of benzene rings is 2. The first-order valence-electron chi connectivity index (χ1n) is 10.5. The number of piperidine rings is 1. The molecule has 2 heterocycles. The second-order valence-electron chi connectivity index (χ2n) is 8.24. The van der Waals surface area contributed by atoms with E-state index in [1.807, 2.05) is 48.2 Å². The van der Waals surface area contributed by atoms with Gasteiger partial charge in [0.15, 0.2) is 0 Å². The predicted octanol–water partition coefficient (Wildman–Crippen LogP) is 4.11. The van der Waals surface area contributed by atoms with Gasteiger partial charge in [0.25, 0.3) is 5.91 Å². The topological polar surface area (TPSA) is 43.8 Å². The number of likely N-dealkylation sites (tertiary alicyclic amines) is 1. The average Bonchev–Trinajstić information content (AvgIpc) is 3.16. The number of hydrogen-bond donors (Lipinski definition) is 1. The number of nitrogens with zero attached hydrogens (tertiary/aromatic N) is 2. The Morgan fingerprint density at radius 3 is 2.43 bits per heavy atom. The van der Waals surface area contributed by atoms with Gasteiger partial charge in [0.1, 0.15) is 0 Å². The van der Waals surface area contributed by atoms with Crippen LogP contribution >= 0.6 is 0 Å². The first kappa shape index (κ1) is 19.2. The summed E-state index contributed by atoms with van der Waals surface area (Å²) in [4.78, 5) is 17.2. The van der Waals surface area contributed by atoms with Crippen molar-refractivity contribution in [2.24, 2.45) is 0 Å². The van der Waals surface area contributed by atoms with Crippen molar-refractivity contribution in [2.75, 3.05) is 24.5 Å². The van der Waals surface area contributed by atoms with Crippen molar-refractivity contribution in [3.63, 3.8) is 0 Å². The summed E-state index contributed by atoms with van der Waals surface area (Å²) in [6, 6.07) is 14.0. The van der Waals surface area contributed by atoms with E-state index in [1.54, 1.807) is 0 Å². The van der Waals surface area contributed by atoms with E-state index < -0.39 is 6.10 Å². The molecule has 1 fully saturated rings. The Labute approximate surface area is 167 Å². The molecule has 2 aliphatic rings. The fraction of sp³-hybridized carbons (Fsp3) is 0.458. The molecule has 148 valence electrons. The Morgan fingerprint density at radius 2 is 1.71 bits per heavy atom. The number of carbonyl (C=O) groups is 1. The molecule has 4 rings (SSSR count). The molecule has 2 unspecified atom stereocenters. The largest absolute Gasteiger partial charge is 0.387 e. The minimum atomic E-state index is -0.495. The molecule has 2 aromatic rings. The lowest BCUT2D eigenvalue weighted by Crippen LogP contribution is -2.40. The number of rotatable bonds is 4. The van der Waals surface area contributed by atoms with E-state index in [0.717, 1.165) is 47.5 Å². The van der Waals surface area contributed by atoms with Gasteiger partial charge in [-0.2, -0.15) is 0 Å². The summed E-state index contributed by atoms with van der Waals surface area (Å²) < 4.78 is 0. The van der Waals surface area contributed by atoms with Crippen molar-refractivity contribution in [3.05, 3.63) is 64.7 Å². The van der Waals surface area contributed by atoms with Crippen molar-refractivity contribution in [2.45, 2.75) is 51.7 Å². The summed E-state index contributed by atoms with van der Waals surface area (Å²) in [6.07, 6.45) is 4.08. The third-order valence-electron chi connectivity index (χ3n) is 6.31. The maximum absolute atomic E-state index is 12.9. The van der Waals surface area contributed by atoms with Gasteiger partial charge in [-0.05, 0) is 75.5 Å². The van der Waals surface area contributed by atoms with Crippen molar-refractivity contribution >= 4 is 11.6 Å². The van der Waals surface area contributed by atoms with Gasteiger partial charge in [0.05, 0.1) is 6.10 Å². The summed E-state index contributed by atoms with van der Waals surface area (Å²) in [6.45, 7) is 6.99. The quantitative estimate of drug-likeness (QED) is 0.871. The number of aliphatic hydroxyl groups excluding tert-OH is 1. The predicted molar refractivity (Wildman–Crippen MR) is 113 cm³/mol. The highest BCUT2D eigenvalue weighted by Gasteiger charge is 2.29. The van der Waals surface area contributed by atoms with Crippen LogP contribution in [0.1, 0.15) is 59.3 Å². The molecule has 0 saturated carbocycles.